The average molecular weight is 300 g/mol. The van der Waals surface area contributed by atoms with Gasteiger partial charge >= 0.3 is 5.97 Å². The maximum absolute atomic E-state index is 11.5. The van der Waals surface area contributed by atoms with Gasteiger partial charge in [0.25, 0.3) is 0 Å². The third kappa shape index (κ3) is 3.46. The highest BCUT2D eigenvalue weighted by Crippen LogP contribution is 2.25. The molecule has 1 unspecified atom stereocenters. The van der Waals surface area contributed by atoms with Crippen LogP contribution in [-0.4, -0.2) is 19.1 Å². The Morgan fingerprint density at radius 3 is 2.35 bits per heavy atom. The zero-order valence-electron chi connectivity index (χ0n) is 10.6. The number of benzene rings is 1. The van der Waals surface area contributed by atoms with Gasteiger partial charge in [0, 0.05) is 10.2 Å². The summed E-state index contributed by atoms with van der Waals surface area (Å²) in [6.07, 6.45) is 0.695. The van der Waals surface area contributed by atoms with Crippen LogP contribution in [0.5, 0.6) is 0 Å². The molecule has 0 spiro atoms. The lowest BCUT2D eigenvalue weighted by Gasteiger charge is -2.17. The third-order valence-electron chi connectivity index (χ3n) is 2.67. The number of ether oxygens (including phenoxy) is 1. The molecule has 0 aromatic heterocycles. The second kappa shape index (κ2) is 6.05. The van der Waals surface area contributed by atoms with E-state index in [1.54, 1.807) is 0 Å². The van der Waals surface area contributed by atoms with Gasteiger partial charge in [0.05, 0.1) is 7.11 Å². The first-order chi connectivity index (χ1) is 7.99. The van der Waals surface area contributed by atoms with Crippen molar-refractivity contribution in [3.8, 4) is 0 Å². The minimum absolute atomic E-state index is 0.231. The minimum atomic E-state index is -0.292. The Morgan fingerprint density at radius 2 is 1.94 bits per heavy atom. The van der Waals surface area contributed by atoms with Crippen LogP contribution in [0.15, 0.2) is 16.6 Å². The molecular formula is C13H18BrNO2. The lowest BCUT2D eigenvalue weighted by atomic mass is 10.1. The summed E-state index contributed by atoms with van der Waals surface area (Å²) in [5.41, 5.74) is 3.24. The van der Waals surface area contributed by atoms with E-state index < -0.39 is 0 Å². The van der Waals surface area contributed by atoms with Crippen LogP contribution in [0.3, 0.4) is 0 Å². The molecule has 0 aliphatic heterocycles. The molecule has 4 heteroatoms. The van der Waals surface area contributed by atoms with E-state index in [-0.39, 0.29) is 12.0 Å². The minimum Gasteiger partial charge on any atom is -0.467 e. The van der Waals surface area contributed by atoms with E-state index in [1.165, 1.54) is 7.11 Å². The van der Waals surface area contributed by atoms with Crippen LogP contribution in [0, 0.1) is 13.8 Å². The van der Waals surface area contributed by atoms with Crippen molar-refractivity contribution in [3.05, 3.63) is 27.7 Å². The number of hydrogen-bond donors (Lipinski definition) is 1. The molecule has 0 radical (unpaired) electrons. The number of nitrogens with one attached hydrogen (secondary N) is 1. The van der Waals surface area contributed by atoms with E-state index >= 15 is 0 Å². The van der Waals surface area contributed by atoms with E-state index in [2.05, 4.69) is 21.2 Å². The number of aryl methyl sites for hydroxylation is 2. The molecule has 0 amide bonds. The highest BCUT2D eigenvalue weighted by atomic mass is 79.9. The number of methoxy groups -OCH3 is 1. The fraction of sp³-hybridized carbons (Fsp3) is 0.462. The van der Waals surface area contributed by atoms with Gasteiger partial charge < -0.3 is 10.1 Å². The maximum Gasteiger partial charge on any atom is 0.328 e. The molecule has 3 nitrogen and oxygen atoms in total. The molecule has 1 atom stereocenters. The average Bonchev–Trinajstić information content (AvgIpc) is 2.31. The summed E-state index contributed by atoms with van der Waals surface area (Å²) < 4.78 is 5.85. The second-order valence-corrected chi connectivity index (χ2v) is 4.85. The summed E-state index contributed by atoms with van der Waals surface area (Å²) in [7, 11) is 1.41. The van der Waals surface area contributed by atoms with Gasteiger partial charge in [-0.25, -0.2) is 4.79 Å². The maximum atomic E-state index is 11.5. The zero-order chi connectivity index (χ0) is 13.0. The predicted octanol–water partition coefficient (Wildman–Crippen LogP) is 3.43. The number of halogens is 1. The van der Waals surface area contributed by atoms with Gasteiger partial charge in [-0.2, -0.15) is 0 Å². The topological polar surface area (TPSA) is 38.3 Å². The lowest BCUT2D eigenvalue weighted by Crippen LogP contribution is -2.29. The molecule has 0 heterocycles. The first-order valence-corrected chi connectivity index (χ1v) is 6.40. The highest BCUT2D eigenvalue weighted by molar-refractivity contribution is 9.10. The Hall–Kier alpha value is -1.03. The van der Waals surface area contributed by atoms with Gasteiger partial charge in [-0.05, 0) is 43.5 Å². The number of anilines is 1. The van der Waals surface area contributed by atoms with E-state index in [0.29, 0.717) is 6.42 Å². The molecule has 1 rings (SSSR count). The summed E-state index contributed by atoms with van der Waals surface area (Å²) in [4.78, 5) is 11.5. The normalized spacial score (nSPS) is 12.1. The van der Waals surface area contributed by atoms with Gasteiger partial charge in [-0.15, -0.1) is 0 Å². The van der Waals surface area contributed by atoms with Crippen molar-refractivity contribution >= 4 is 27.6 Å². The SMILES string of the molecule is CCC(Nc1cc(C)c(Br)c(C)c1)C(=O)OC. The van der Waals surface area contributed by atoms with Crippen molar-refractivity contribution < 1.29 is 9.53 Å². The van der Waals surface area contributed by atoms with Gasteiger partial charge in [-0.3, -0.25) is 0 Å². The Labute approximate surface area is 111 Å². The molecule has 1 aromatic rings. The molecule has 17 heavy (non-hydrogen) atoms. The fourth-order valence-electron chi connectivity index (χ4n) is 1.70. The fourth-order valence-corrected chi connectivity index (χ4v) is 1.93. The van der Waals surface area contributed by atoms with Gasteiger partial charge in [0.2, 0.25) is 0 Å². The number of carbonyl (C=O) groups is 1. The zero-order valence-corrected chi connectivity index (χ0v) is 12.2. The number of rotatable bonds is 4. The lowest BCUT2D eigenvalue weighted by molar-refractivity contribution is -0.141. The number of carbonyl (C=O) groups excluding carboxylic acids is 1. The summed E-state index contributed by atoms with van der Waals surface area (Å²) in [5.74, 6) is -0.231. The Balaban J connectivity index is 2.91. The van der Waals surface area contributed by atoms with Crippen LogP contribution in [0.25, 0.3) is 0 Å². The third-order valence-corrected chi connectivity index (χ3v) is 3.92. The van der Waals surface area contributed by atoms with Gasteiger partial charge in [0.15, 0.2) is 0 Å². The van der Waals surface area contributed by atoms with Crippen molar-refractivity contribution in [2.24, 2.45) is 0 Å². The Kier molecular flexibility index (Phi) is 5.00. The molecule has 0 aliphatic carbocycles. The molecule has 1 aromatic carbocycles. The van der Waals surface area contributed by atoms with Crippen molar-refractivity contribution in [3.63, 3.8) is 0 Å². The van der Waals surface area contributed by atoms with Crippen molar-refractivity contribution in [1.29, 1.82) is 0 Å². The van der Waals surface area contributed by atoms with Crippen LogP contribution in [0.1, 0.15) is 24.5 Å². The Bertz CT molecular complexity index is 395. The molecule has 0 fully saturated rings. The molecule has 0 saturated heterocycles. The van der Waals surface area contributed by atoms with Crippen LogP contribution in [0.4, 0.5) is 5.69 Å². The Morgan fingerprint density at radius 1 is 1.41 bits per heavy atom. The molecule has 0 aliphatic rings. The van der Waals surface area contributed by atoms with E-state index in [9.17, 15) is 4.79 Å². The van der Waals surface area contributed by atoms with E-state index in [1.807, 2.05) is 32.9 Å². The van der Waals surface area contributed by atoms with Crippen molar-refractivity contribution in [2.75, 3.05) is 12.4 Å². The first kappa shape index (κ1) is 14.0. The van der Waals surface area contributed by atoms with Gasteiger partial charge in [0.1, 0.15) is 6.04 Å². The number of hydrogen-bond acceptors (Lipinski definition) is 3. The van der Waals surface area contributed by atoms with Crippen LogP contribution < -0.4 is 5.32 Å². The van der Waals surface area contributed by atoms with Crippen LogP contribution >= 0.6 is 15.9 Å². The predicted molar refractivity (Wildman–Crippen MR) is 73.3 cm³/mol. The van der Waals surface area contributed by atoms with Crippen LogP contribution in [-0.2, 0) is 9.53 Å². The van der Waals surface area contributed by atoms with E-state index in [4.69, 9.17) is 4.74 Å². The standard InChI is InChI=1S/C13H18BrNO2/c1-5-11(13(16)17-4)15-10-6-8(2)12(14)9(3)7-10/h6-7,11,15H,5H2,1-4H3. The number of esters is 1. The van der Waals surface area contributed by atoms with Crippen molar-refractivity contribution in [2.45, 2.75) is 33.2 Å². The quantitative estimate of drug-likeness (QED) is 0.866. The smallest absolute Gasteiger partial charge is 0.328 e. The summed E-state index contributed by atoms with van der Waals surface area (Å²) in [6, 6.07) is 3.74. The highest BCUT2D eigenvalue weighted by Gasteiger charge is 2.16. The monoisotopic (exact) mass is 299 g/mol. The first-order valence-electron chi connectivity index (χ1n) is 5.60. The second-order valence-electron chi connectivity index (χ2n) is 4.05. The summed E-state index contributed by atoms with van der Waals surface area (Å²) >= 11 is 3.52. The molecule has 94 valence electrons. The van der Waals surface area contributed by atoms with Crippen LogP contribution in [0.2, 0.25) is 0 Å². The largest absolute Gasteiger partial charge is 0.467 e. The molecule has 1 N–H and O–H groups in total. The van der Waals surface area contributed by atoms with E-state index in [0.717, 1.165) is 21.3 Å². The summed E-state index contributed by atoms with van der Waals surface area (Å²) in [6.45, 7) is 6.01. The molecule has 0 saturated carbocycles. The molecule has 0 bridgehead atoms. The van der Waals surface area contributed by atoms with Crippen molar-refractivity contribution in [1.82, 2.24) is 0 Å². The molecular weight excluding hydrogens is 282 g/mol. The summed E-state index contributed by atoms with van der Waals surface area (Å²) in [5, 5.41) is 3.19. The van der Waals surface area contributed by atoms with Gasteiger partial charge in [-0.1, -0.05) is 22.9 Å².